The fraction of sp³-hybridized carbons (Fsp3) is 0.125. The van der Waals surface area contributed by atoms with E-state index in [-0.39, 0.29) is 5.75 Å². The van der Waals surface area contributed by atoms with Crippen LogP contribution in [0.25, 0.3) is 0 Å². The first-order valence-electron chi connectivity index (χ1n) is 3.03. The van der Waals surface area contributed by atoms with Crippen molar-refractivity contribution in [3.63, 3.8) is 0 Å². The number of carbonyl (C=O) groups excluding carboxylic acids is 1. The summed E-state index contributed by atoms with van der Waals surface area (Å²) in [5, 5.41) is 8.95. The van der Waals surface area contributed by atoms with Gasteiger partial charge < -0.3 is 9.84 Å². The molecular weight excluding hydrogens is 144 g/mol. The third kappa shape index (κ3) is 1.49. The molecule has 0 saturated heterocycles. The van der Waals surface area contributed by atoms with Crippen molar-refractivity contribution in [2.24, 2.45) is 0 Å². The number of phenolic OH excluding ortho intramolecular Hbond substituents is 1. The van der Waals surface area contributed by atoms with E-state index in [2.05, 4.69) is 0 Å². The van der Waals surface area contributed by atoms with Crippen LogP contribution in [0.1, 0.15) is 5.56 Å². The Bertz CT molecular complexity index is 268. The van der Waals surface area contributed by atoms with E-state index >= 15 is 0 Å². The molecule has 11 heavy (non-hydrogen) atoms. The van der Waals surface area contributed by atoms with Gasteiger partial charge >= 0.3 is 0 Å². The van der Waals surface area contributed by atoms with Crippen LogP contribution in [0.3, 0.4) is 0 Å². The fourth-order valence-electron chi connectivity index (χ4n) is 0.764. The van der Waals surface area contributed by atoms with Crippen LogP contribution in [0, 0.1) is 0 Å². The first-order chi connectivity index (χ1) is 5.27. The molecule has 57 valence electrons. The number of benzene rings is 1. The summed E-state index contributed by atoms with van der Waals surface area (Å²) in [5.74, 6) is 0.404. The predicted molar refractivity (Wildman–Crippen MR) is 39.5 cm³/mol. The van der Waals surface area contributed by atoms with Gasteiger partial charge in [-0.25, -0.2) is 0 Å². The Morgan fingerprint density at radius 2 is 2.27 bits per heavy atom. The maximum atomic E-state index is 10.2. The van der Waals surface area contributed by atoms with E-state index in [1.165, 1.54) is 25.3 Å². The highest BCUT2D eigenvalue weighted by atomic mass is 16.5. The number of aromatic hydroxyl groups is 1. The third-order valence-corrected chi connectivity index (χ3v) is 1.30. The standard InChI is InChI=1S/C8H7O3/c1-11-8-4-7(10)3-2-6(8)5-9/h2-4,10H,1H3. The highest BCUT2D eigenvalue weighted by molar-refractivity contribution is 5.80. The second kappa shape index (κ2) is 3.05. The zero-order valence-corrected chi connectivity index (χ0v) is 6.00. The molecule has 0 amide bonds. The molecule has 3 heteroatoms. The van der Waals surface area contributed by atoms with E-state index in [9.17, 15) is 4.79 Å². The van der Waals surface area contributed by atoms with E-state index < -0.39 is 0 Å². The maximum Gasteiger partial charge on any atom is 0.237 e. The molecular formula is C8H7O3. The Labute approximate surface area is 64.2 Å². The summed E-state index contributed by atoms with van der Waals surface area (Å²) in [6.07, 6.45) is 1.69. The summed E-state index contributed by atoms with van der Waals surface area (Å²) in [5.41, 5.74) is 0.310. The number of hydrogen-bond acceptors (Lipinski definition) is 3. The maximum absolute atomic E-state index is 10.2. The normalized spacial score (nSPS) is 9.18. The molecule has 1 rings (SSSR count). The first kappa shape index (κ1) is 7.60. The topological polar surface area (TPSA) is 46.5 Å². The zero-order valence-electron chi connectivity index (χ0n) is 6.00. The summed E-state index contributed by atoms with van der Waals surface area (Å²) >= 11 is 0. The average molecular weight is 151 g/mol. The SMILES string of the molecule is COc1cc(O)ccc1[C]=O. The van der Waals surface area contributed by atoms with Crippen molar-refractivity contribution in [3.8, 4) is 11.5 Å². The van der Waals surface area contributed by atoms with Gasteiger partial charge in [-0.1, -0.05) is 0 Å². The average Bonchev–Trinajstić information content (AvgIpc) is 2.04. The second-order valence-corrected chi connectivity index (χ2v) is 1.99. The number of hydrogen-bond donors (Lipinski definition) is 1. The highest BCUT2D eigenvalue weighted by Gasteiger charge is 2.02. The molecule has 0 atom stereocenters. The number of ether oxygens (including phenoxy) is 1. The predicted octanol–water partition coefficient (Wildman–Crippen LogP) is 0.859. The van der Waals surface area contributed by atoms with Crippen molar-refractivity contribution < 1.29 is 14.6 Å². The lowest BCUT2D eigenvalue weighted by Gasteiger charge is -2.01. The van der Waals surface area contributed by atoms with Gasteiger partial charge in [-0.15, -0.1) is 0 Å². The van der Waals surface area contributed by atoms with Crippen molar-refractivity contribution in [1.29, 1.82) is 0 Å². The molecule has 0 heterocycles. The molecule has 0 unspecified atom stereocenters. The van der Waals surface area contributed by atoms with Gasteiger partial charge in [0.25, 0.3) is 0 Å². The Kier molecular flexibility index (Phi) is 2.11. The molecule has 1 N–H and O–H groups in total. The summed E-state index contributed by atoms with van der Waals surface area (Å²) in [6.45, 7) is 0. The quantitative estimate of drug-likeness (QED) is 0.681. The molecule has 3 nitrogen and oxygen atoms in total. The second-order valence-electron chi connectivity index (χ2n) is 1.99. The summed E-state index contributed by atoms with van der Waals surface area (Å²) in [6, 6.07) is 4.21. The van der Waals surface area contributed by atoms with Crippen molar-refractivity contribution >= 4 is 6.29 Å². The zero-order chi connectivity index (χ0) is 8.27. The van der Waals surface area contributed by atoms with E-state index in [1.807, 2.05) is 0 Å². The van der Waals surface area contributed by atoms with Gasteiger partial charge in [0, 0.05) is 6.07 Å². The van der Waals surface area contributed by atoms with Crippen LogP contribution >= 0.6 is 0 Å². The van der Waals surface area contributed by atoms with E-state index in [1.54, 1.807) is 6.29 Å². The summed E-state index contributed by atoms with van der Waals surface area (Å²) in [4.78, 5) is 10.2. The molecule has 0 aliphatic rings. The highest BCUT2D eigenvalue weighted by Crippen LogP contribution is 2.21. The monoisotopic (exact) mass is 151 g/mol. The van der Waals surface area contributed by atoms with Crippen molar-refractivity contribution in [3.05, 3.63) is 23.8 Å². The Morgan fingerprint density at radius 3 is 2.82 bits per heavy atom. The molecule has 0 fully saturated rings. The van der Waals surface area contributed by atoms with Crippen LogP contribution in [0.2, 0.25) is 0 Å². The van der Waals surface area contributed by atoms with Crippen LogP contribution in [-0.2, 0) is 4.79 Å². The van der Waals surface area contributed by atoms with Crippen LogP contribution in [0.4, 0.5) is 0 Å². The first-order valence-corrected chi connectivity index (χ1v) is 3.03. The minimum absolute atomic E-state index is 0.0702. The summed E-state index contributed by atoms with van der Waals surface area (Å²) < 4.78 is 4.79. The fourth-order valence-corrected chi connectivity index (χ4v) is 0.764. The van der Waals surface area contributed by atoms with Crippen molar-refractivity contribution in [1.82, 2.24) is 0 Å². The van der Waals surface area contributed by atoms with E-state index in [0.29, 0.717) is 11.3 Å². The smallest absolute Gasteiger partial charge is 0.237 e. The molecule has 0 aliphatic heterocycles. The van der Waals surface area contributed by atoms with Gasteiger partial charge in [-0.2, -0.15) is 0 Å². The van der Waals surface area contributed by atoms with Crippen molar-refractivity contribution in [2.75, 3.05) is 7.11 Å². The van der Waals surface area contributed by atoms with Crippen LogP contribution < -0.4 is 4.74 Å². The van der Waals surface area contributed by atoms with Gasteiger partial charge in [0.1, 0.15) is 11.5 Å². The van der Waals surface area contributed by atoms with Gasteiger partial charge in [-0.3, -0.25) is 4.79 Å². The lowest BCUT2D eigenvalue weighted by atomic mass is 10.2. The number of rotatable bonds is 2. The molecule has 0 saturated carbocycles. The van der Waals surface area contributed by atoms with Crippen LogP contribution in [0.5, 0.6) is 11.5 Å². The third-order valence-electron chi connectivity index (χ3n) is 1.30. The Hall–Kier alpha value is -1.51. The molecule has 0 aliphatic carbocycles. The van der Waals surface area contributed by atoms with Crippen LogP contribution in [0.15, 0.2) is 18.2 Å². The van der Waals surface area contributed by atoms with E-state index in [4.69, 9.17) is 9.84 Å². The lowest BCUT2D eigenvalue weighted by molar-refractivity contribution is 0.406. The molecule has 0 bridgehead atoms. The number of methoxy groups -OCH3 is 1. The number of phenols is 1. The van der Waals surface area contributed by atoms with Gasteiger partial charge in [0.15, 0.2) is 0 Å². The lowest BCUT2D eigenvalue weighted by Crippen LogP contribution is -1.89. The summed E-state index contributed by atoms with van der Waals surface area (Å²) in [7, 11) is 1.43. The molecule has 1 aromatic rings. The molecule has 0 aromatic heterocycles. The minimum atomic E-state index is 0.0702. The van der Waals surface area contributed by atoms with E-state index in [0.717, 1.165) is 0 Å². The minimum Gasteiger partial charge on any atom is -0.508 e. The molecule has 0 spiro atoms. The van der Waals surface area contributed by atoms with Crippen molar-refractivity contribution in [2.45, 2.75) is 0 Å². The largest absolute Gasteiger partial charge is 0.508 e. The van der Waals surface area contributed by atoms with Gasteiger partial charge in [-0.05, 0) is 12.1 Å². The van der Waals surface area contributed by atoms with Crippen LogP contribution in [-0.4, -0.2) is 18.5 Å². The Balaban J connectivity index is 3.16. The van der Waals surface area contributed by atoms with Gasteiger partial charge in [0.05, 0.1) is 12.7 Å². The Morgan fingerprint density at radius 1 is 1.55 bits per heavy atom. The van der Waals surface area contributed by atoms with Gasteiger partial charge in [0.2, 0.25) is 6.29 Å². The molecule has 1 radical (unpaired) electrons. The molecule has 1 aromatic carbocycles.